The maximum Gasteiger partial charge on any atom is 0.310 e. The molecule has 43 heavy (non-hydrogen) atoms. The summed E-state index contributed by atoms with van der Waals surface area (Å²) in [5.41, 5.74) is 3.41. The minimum Gasteiger partial charge on any atom is -0.497 e. The molecule has 218 valence electrons. The van der Waals surface area contributed by atoms with E-state index in [4.69, 9.17) is 9.73 Å². The van der Waals surface area contributed by atoms with Crippen molar-refractivity contribution in [3.63, 3.8) is 0 Å². The lowest BCUT2D eigenvalue weighted by Crippen LogP contribution is -2.30. The summed E-state index contributed by atoms with van der Waals surface area (Å²) in [7, 11) is 1.57. The SMILES string of the molecule is COc1ccc(C(CCC=C(C=O)N2CC(=NC(c3ccccc3)(c3ccccc3)c3ccccc3)SN2)C(=O)O)cc1. The average molecular weight is 592 g/mol. The van der Waals surface area contributed by atoms with Crippen LogP contribution in [-0.2, 0) is 15.1 Å². The number of aliphatic carboxylic acids is 1. The Bertz CT molecular complexity index is 1480. The largest absolute Gasteiger partial charge is 0.497 e. The number of carbonyl (C=O) groups excluding carboxylic acids is 1. The Labute approximate surface area is 256 Å². The Morgan fingerprint density at radius 3 is 1.93 bits per heavy atom. The van der Waals surface area contributed by atoms with Gasteiger partial charge in [0, 0.05) is 0 Å². The van der Waals surface area contributed by atoms with Gasteiger partial charge < -0.3 is 9.84 Å². The zero-order valence-electron chi connectivity index (χ0n) is 23.8. The minimum absolute atomic E-state index is 0.347. The van der Waals surface area contributed by atoms with Crippen molar-refractivity contribution >= 4 is 29.2 Å². The van der Waals surface area contributed by atoms with Gasteiger partial charge in [-0.1, -0.05) is 109 Å². The Kier molecular flexibility index (Phi) is 9.71. The highest BCUT2D eigenvalue weighted by Gasteiger charge is 2.37. The van der Waals surface area contributed by atoms with Gasteiger partial charge in [0.25, 0.3) is 0 Å². The molecule has 1 saturated heterocycles. The second kappa shape index (κ2) is 14.0. The van der Waals surface area contributed by atoms with E-state index >= 15 is 0 Å². The number of benzene rings is 4. The van der Waals surface area contributed by atoms with E-state index in [0.29, 0.717) is 36.4 Å². The van der Waals surface area contributed by atoms with Gasteiger partial charge in [-0.2, -0.15) is 4.83 Å². The van der Waals surface area contributed by atoms with Crippen LogP contribution in [-0.4, -0.2) is 41.1 Å². The molecule has 1 unspecified atom stereocenters. The van der Waals surface area contributed by atoms with E-state index < -0.39 is 17.4 Å². The van der Waals surface area contributed by atoms with Crippen LogP contribution in [0, 0.1) is 0 Å². The van der Waals surface area contributed by atoms with Crippen molar-refractivity contribution in [2.24, 2.45) is 4.99 Å². The maximum absolute atomic E-state index is 12.2. The number of ether oxygens (including phenoxy) is 1. The van der Waals surface area contributed by atoms with Crippen LogP contribution in [0.4, 0.5) is 0 Å². The van der Waals surface area contributed by atoms with Crippen molar-refractivity contribution in [1.29, 1.82) is 0 Å². The summed E-state index contributed by atoms with van der Waals surface area (Å²) < 4.78 is 5.19. The number of nitrogens with zero attached hydrogens (tertiary/aromatic N) is 2. The highest BCUT2D eigenvalue weighted by Crippen LogP contribution is 2.41. The number of hydrogen-bond acceptors (Lipinski definition) is 7. The van der Waals surface area contributed by atoms with Gasteiger partial charge >= 0.3 is 5.97 Å². The third-order valence-electron chi connectivity index (χ3n) is 7.49. The van der Waals surface area contributed by atoms with Crippen LogP contribution >= 0.6 is 11.9 Å². The van der Waals surface area contributed by atoms with Gasteiger partial charge in [0.2, 0.25) is 0 Å². The molecule has 8 heteroatoms. The first kappa shape index (κ1) is 29.8. The molecule has 4 aromatic rings. The number of carboxylic acids is 1. The third kappa shape index (κ3) is 6.71. The molecule has 5 rings (SSSR count). The molecule has 0 spiro atoms. The Morgan fingerprint density at radius 1 is 0.930 bits per heavy atom. The van der Waals surface area contributed by atoms with Gasteiger partial charge in [0.1, 0.15) is 16.3 Å². The summed E-state index contributed by atoms with van der Waals surface area (Å²) >= 11 is 1.37. The molecule has 2 N–H and O–H groups in total. The fourth-order valence-corrected chi connectivity index (χ4v) is 6.08. The van der Waals surface area contributed by atoms with Crippen LogP contribution in [0.25, 0.3) is 0 Å². The lowest BCUT2D eigenvalue weighted by molar-refractivity contribution is -0.139. The Balaban J connectivity index is 1.41. The summed E-state index contributed by atoms with van der Waals surface area (Å²) in [5, 5.41) is 12.4. The molecule has 1 atom stereocenters. The standard InChI is InChI=1S/C35H33N3O4S/c1-42-31-22-20-26(21-23-31)32(34(40)41)19-11-18-30(25-39)38-24-33(43-37-38)36-35(27-12-5-2-6-13-27,28-14-7-3-8-15-28)29-16-9-4-10-17-29/h2-10,12-18,20-23,25,32,37H,11,19,24H2,1H3,(H,40,41). The van der Waals surface area contributed by atoms with Crippen molar-refractivity contribution in [3.05, 3.63) is 149 Å². The molecule has 0 radical (unpaired) electrons. The molecule has 4 aromatic carbocycles. The monoisotopic (exact) mass is 591 g/mol. The fourth-order valence-electron chi connectivity index (χ4n) is 5.32. The second-order valence-corrected chi connectivity index (χ2v) is 10.9. The molecule has 7 nitrogen and oxygen atoms in total. The molecule has 1 aliphatic heterocycles. The van der Waals surface area contributed by atoms with Crippen molar-refractivity contribution in [2.45, 2.75) is 24.3 Å². The predicted molar refractivity (Wildman–Crippen MR) is 171 cm³/mol. The van der Waals surface area contributed by atoms with Crippen molar-refractivity contribution in [2.75, 3.05) is 13.7 Å². The molecule has 1 fully saturated rings. The first-order chi connectivity index (χ1) is 21.0. The van der Waals surface area contributed by atoms with Crippen LogP contribution in [0.5, 0.6) is 5.75 Å². The summed E-state index contributed by atoms with van der Waals surface area (Å²) in [6, 6.07) is 37.7. The normalized spacial score (nSPS) is 15.3. The summed E-state index contributed by atoms with van der Waals surface area (Å²) in [6.45, 7) is 0.379. The van der Waals surface area contributed by atoms with E-state index in [1.807, 2.05) is 54.6 Å². The third-order valence-corrected chi connectivity index (χ3v) is 8.26. The van der Waals surface area contributed by atoms with E-state index in [9.17, 15) is 14.7 Å². The number of carbonyl (C=O) groups is 2. The highest BCUT2D eigenvalue weighted by molar-refractivity contribution is 8.12. The smallest absolute Gasteiger partial charge is 0.310 e. The number of nitrogens with one attached hydrogen (secondary N) is 1. The van der Waals surface area contributed by atoms with Crippen molar-refractivity contribution in [3.8, 4) is 5.75 Å². The van der Waals surface area contributed by atoms with E-state index in [1.54, 1.807) is 42.5 Å². The number of hydrogen-bond donors (Lipinski definition) is 2. The number of carboxylic acid groups (broad SMARTS) is 1. The first-order valence-electron chi connectivity index (χ1n) is 14.0. The summed E-state index contributed by atoms with van der Waals surface area (Å²) in [4.78, 5) is 32.8. The molecule has 0 saturated carbocycles. The van der Waals surface area contributed by atoms with Crippen molar-refractivity contribution in [1.82, 2.24) is 9.84 Å². The van der Waals surface area contributed by atoms with E-state index in [1.165, 1.54) is 11.9 Å². The number of rotatable bonds is 12. The Hall–Kier alpha value is -4.66. The molecular formula is C35H33N3O4S. The van der Waals surface area contributed by atoms with E-state index in [-0.39, 0.29) is 0 Å². The van der Waals surface area contributed by atoms with Crippen LogP contribution in [0.2, 0.25) is 0 Å². The minimum atomic E-state index is -0.908. The van der Waals surface area contributed by atoms with Crippen LogP contribution in [0.15, 0.2) is 132 Å². The number of aliphatic imine (C=N–C) groups is 1. The fraction of sp³-hybridized carbons (Fsp3) is 0.171. The number of aldehydes is 1. The molecule has 0 bridgehead atoms. The van der Waals surface area contributed by atoms with Crippen molar-refractivity contribution < 1.29 is 19.4 Å². The maximum atomic E-state index is 12.2. The average Bonchev–Trinajstić information content (AvgIpc) is 3.53. The van der Waals surface area contributed by atoms with Gasteiger partial charge in [-0.15, -0.1) is 0 Å². The number of methoxy groups -OCH3 is 1. The summed E-state index contributed by atoms with van der Waals surface area (Å²) in [5.74, 6) is -0.937. The highest BCUT2D eigenvalue weighted by atomic mass is 32.2. The van der Waals surface area contributed by atoms with Gasteiger partial charge in [0.15, 0.2) is 6.29 Å². The topological polar surface area (TPSA) is 91.2 Å². The zero-order valence-corrected chi connectivity index (χ0v) is 24.6. The molecule has 0 aromatic heterocycles. The molecular weight excluding hydrogens is 558 g/mol. The summed E-state index contributed by atoms with van der Waals surface area (Å²) in [6.07, 6.45) is 3.33. The molecule has 1 heterocycles. The lowest BCUT2D eigenvalue weighted by atomic mass is 9.77. The molecule has 0 aliphatic carbocycles. The van der Waals surface area contributed by atoms with E-state index in [2.05, 4.69) is 41.2 Å². The predicted octanol–water partition coefficient (Wildman–Crippen LogP) is 6.59. The van der Waals surface area contributed by atoms with Gasteiger partial charge in [-0.05, 0) is 59.2 Å². The Morgan fingerprint density at radius 2 is 1.47 bits per heavy atom. The van der Waals surface area contributed by atoms with Crippen LogP contribution < -0.4 is 9.57 Å². The van der Waals surface area contributed by atoms with Gasteiger partial charge in [-0.3, -0.25) is 19.6 Å². The van der Waals surface area contributed by atoms with Gasteiger partial charge in [-0.25, -0.2) is 0 Å². The lowest BCUT2D eigenvalue weighted by Gasteiger charge is -2.32. The number of hydrazine groups is 1. The zero-order chi connectivity index (χ0) is 30.1. The van der Waals surface area contributed by atoms with Crippen LogP contribution in [0.1, 0.15) is 41.0 Å². The van der Waals surface area contributed by atoms with Crippen LogP contribution in [0.3, 0.4) is 0 Å². The molecule has 1 aliphatic rings. The quantitative estimate of drug-likeness (QED) is 0.0832. The second-order valence-electron chi connectivity index (χ2n) is 10.1. The first-order valence-corrected chi connectivity index (χ1v) is 14.8. The van der Waals surface area contributed by atoms with E-state index in [0.717, 1.165) is 28.0 Å². The van der Waals surface area contributed by atoms with Gasteiger partial charge in [0.05, 0.1) is 25.3 Å². The number of allylic oxidation sites excluding steroid dienone is 2. The molecule has 0 amide bonds.